The number of urea groups is 1. The van der Waals surface area contributed by atoms with Crippen molar-refractivity contribution in [2.75, 3.05) is 12.4 Å². The molecule has 6 nitrogen and oxygen atoms in total. The smallest absolute Gasteiger partial charge is 0.316 e. The zero-order valence-electron chi connectivity index (χ0n) is 14.2. The van der Waals surface area contributed by atoms with Gasteiger partial charge in [0.15, 0.2) is 0 Å². The minimum Gasteiger partial charge on any atom is -0.481 e. The molecular weight excluding hydrogens is 304 g/mol. The number of pyridine rings is 1. The number of primary amides is 1. The molecule has 24 heavy (non-hydrogen) atoms. The van der Waals surface area contributed by atoms with Crippen LogP contribution in [0.1, 0.15) is 31.0 Å². The average Bonchev–Trinajstić information content (AvgIpc) is 2.55. The van der Waals surface area contributed by atoms with Gasteiger partial charge in [-0.05, 0) is 43.5 Å². The molecule has 0 aliphatic carbocycles. The van der Waals surface area contributed by atoms with E-state index in [9.17, 15) is 4.79 Å². The summed E-state index contributed by atoms with van der Waals surface area (Å²) in [5, 5.41) is 6.12. The Kier molecular flexibility index (Phi) is 6.14. The molecule has 2 atom stereocenters. The van der Waals surface area contributed by atoms with Crippen LogP contribution in [0.4, 0.5) is 10.5 Å². The second-order valence-corrected chi connectivity index (χ2v) is 5.81. The highest BCUT2D eigenvalue weighted by atomic mass is 16.5. The topological polar surface area (TPSA) is 89.3 Å². The summed E-state index contributed by atoms with van der Waals surface area (Å²) >= 11 is 0. The molecule has 0 aliphatic heterocycles. The number of rotatable bonds is 7. The van der Waals surface area contributed by atoms with Crippen molar-refractivity contribution in [2.45, 2.75) is 32.4 Å². The van der Waals surface area contributed by atoms with Crippen LogP contribution in [-0.4, -0.2) is 24.2 Å². The molecule has 6 heteroatoms. The van der Waals surface area contributed by atoms with E-state index in [0.29, 0.717) is 17.6 Å². The monoisotopic (exact) mass is 328 g/mol. The number of methoxy groups -OCH3 is 1. The summed E-state index contributed by atoms with van der Waals surface area (Å²) in [7, 11) is 1.61. The number of amides is 2. The predicted octanol–water partition coefficient (Wildman–Crippen LogP) is 2.86. The largest absolute Gasteiger partial charge is 0.481 e. The average molecular weight is 328 g/mol. The van der Waals surface area contributed by atoms with Gasteiger partial charge in [-0.1, -0.05) is 18.2 Å². The number of hydrogen-bond acceptors (Lipinski definition) is 4. The molecule has 2 aromatic rings. The Hall–Kier alpha value is -2.60. The zero-order valence-corrected chi connectivity index (χ0v) is 14.2. The first-order valence-electron chi connectivity index (χ1n) is 7.89. The van der Waals surface area contributed by atoms with Gasteiger partial charge in [0.2, 0.25) is 5.88 Å². The second kappa shape index (κ2) is 8.31. The van der Waals surface area contributed by atoms with Crippen molar-refractivity contribution in [3.8, 4) is 5.88 Å². The van der Waals surface area contributed by atoms with Crippen LogP contribution in [0.15, 0.2) is 42.6 Å². The number of nitrogens with one attached hydrogen (secondary N) is 2. The molecule has 2 amide bonds. The summed E-state index contributed by atoms with van der Waals surface area (Å²) in [6.45, 7) is 4.25. The number of benzene rings is 1. The quantitative estimate of drug-likeness (QED) is 0.729. The number of carbonyl (C=O) groups excluding carboxylic acids is 1. The van der Waals surface area contributed by atoms with Gasteiger partial charge in [-0.25, -0.2) is 9.78 Å². The van der Waals surface area contributed by atoms with E-state index in [0.717, 1.165) is 17.5 Å². The van der Waals surface area contributed by atoms with Gasteiger partial charge in [-0.3, -0.25) is 0 Å². The molecule has 0 saturated heterocycles. The standard InChI is InChI=1S/C18H24N4O2/c1-12(10-14-4-9-17(24-3)20-11-14)21-13(2)15-5-7-16(8-6-15)22-18(19)23/h4-9,11-13,21H,10H2,1-3H3,(H3,19,22,23). The first-order valence-corrected chi connectivity index (χ1v) is 7.89. The molecule has 0 bridgehead atoms. The molecular formula is C18H24N4O2. The van der Waals surface area contributed by atoms with E-state index >= 15 is 0 Å². The van der Waals surface area contributed by atoms with Crippen LogP contribution in [0.2, 0.25) is 0 Å². The Labute approximate surface area is 142 Å². The van der Waals surface area contributed by atoms with Crippen LogP contribution < -0.4 is 21.1 Å². The van der Waals surface area contributed by atoms with Crippen molar-refractivity contribution < 1.29 is 9.53 Å². The fourth-order valence-corrected chi connectivity index (χ4v) is 2.59. The maximum Gasteiger partial charge on any atom is 0.316 e. The number of ether oxygens (including phenoxy) is 1. The molecule has 1 heterocycles. The molecule has 0 spiro atoms. The second-order valence-electron chi connectivity index (χ2n) is 5.81. The fourth-order valence-electron chi connectivity index (χ4n) is 2.59. The molecule has 0 radical (unpaired) electrons. The third kappa shape index (κ3) is 5.24. The van der Waals surface area contributed by atoms with E-state index in [2.05, 4.69) is 29.5 Å². The van der Waals surface area contributed by atoms with Crippen LogP contribution in [0, 0.1) is 0 Å². The van der Waals surface area contributed by atoms with Gasteiger partial charge in [0.25, 0.3) is 0 Å². The third-order valence-corrected chi connectivity index (χ3v) is 3.76. The lowest BCUT2D eigenvalue weighted by molar-refractivity contribution is 0.259. The maximum absolute atomic E-state index is 10.8. The summed E-state index contributed by atoms with van der Waals surface area (Å²) in [5.41, 5.74) is 8.09. The van der Waals surface area contributed by atoms with Gasteiger partial charge < -0.3 is 21.1 Å². The summed E-state index contributed by atoms with van der Waals surface area (Å²) in [6, 6.07) is 11.5. The Bertz CT molecular complexity index is 656. The summed E-state index contributed by atoms with van der Waals surface area (Å²) < 4.78 is 5.07. The van der Waals surface area contributed by atoms with E-state index in [4.69, 9.17) is 10.5 Å². The normalized spacial score (nSPS) is 13.1. The van der Waals surface area contributed by atoms with Crippen molar-refractivity contribution in [3.05, 3.63) is 53.7 Å². The number of hydrogen-bond donors (Lipinski definition) is 3. The number of carbonyl (C=O) groups is 1. The van der Waals surface area contributed by atoms with Gasteiger partial charge in [0.1, 0.15) is 0 Å². The van der Waals surface area contributed by atoms with Crippen molar-refractivity contribution in [1.29, 1.82) is 0 Å². The number of aromatic nitrogens is 1. The maximum atomic E-state index is 10.8. The van der Waals surface area contributed by atoms with Crippen LogP contribution in [0.25, 0.3) is 0 Å². The minimum absolute atomic E-state index is 0.189. The highest BCUT2D eigenvalue weighted by Gasteiger charge is 2.11. The molecule has 1 aromatic heterocycles. The van der Waals surface area contributed by atoms with Crippen molar-refractivity contribution in [2.24, 2.45) is 5.73 Å². The number of nitrogens with two attached hydrogens (primary N) is 1. The van der Waals surface area contributed by atoms with E-state index < -0.39 is 6.03 Å². The highest BCUT2D eigenvalue weighted by Crippen LogP contribution is 2.17. The molecule has 4 N–H and O–H groups in total. The first kappa shape index (κ1) is 17.7. The molecule has 0 fully saturated rings. The first-order chi connectivity index (χ1) is 11.5. The van der Waals surface area contributed by atoms with Gasteiger partial charge in [-0.2, -0.15) is 0 Å². The van der Waals surface area contributed by atoms with E-state index in [1.165, 1.54) is 0 Å². The van der Waals surface area contributed by atoms with Crippen molar-refractivity contribution in [1.82, 2.24) is 10.3 Å². The Morgan fingerprint density at radius 2 is 1.92 bits per heavy atom. The third-order valence-electron chi connectivity index (χ3n) is 3.76. The molecule has 0 aliphatic rings. The van der Waals surface area contributed by atoms with E-state index in [-0.39, 0.29) is 6.04 Å². The minimum atomic E-state index is -0.560. The van der Waals surface area contributed by atoms with Crippen LogP contribution >= 0.6 is 0 Å². The summed E-state index contributed by atoms with van der Waals surface area (Å²) in [5.74, 6) is 0.623. The van der Waals surface area contributed by atoms with Gasteiger partial charge in [0, 0.05) is 30.0 Å². The van der Waals surface area contributed by atoms with Gasteiger partial charge in [0.05, 0.1) is 7.11 Å². The van der Waals surface area contributed by atoms with Gasteiger partial charge >= 0.3 is 6.03 Å². The molecule has 2 unspecified atom stereocenters. The Morgan fingerprint density at radius 1 is 1.21 bits per heavy atom. The Balaban J connectivity index is 1.90. The molecule has 2 rings (SSSR count). The lowest BCUT2D eigenvalue weighted by Crippen LogP contribution is -2.30. The molecule has 0 saturated carbocycles. The fraction of sp³-hybridized carbons (Fsp3) is 0.333. The van der Waals surface area contributed by atoms with Crippen LogP contribution in [0.5, 0.6) is 5.88 Å². The van der Waals surface area contributed by atoms with E-state index in [1.54, 1.807) is 7.11 Å². The van der Waals surface area contributed by atoms with Crippen LogP contribution in [0.3, 0.4) is 0 Å². The SMILES string of the molecule is COc1ccc(CC(C)NC(C)c2ccc(NC(N)=O)cc2)cn1. The molecule has 128 valence electrons. The zero-order chi connectivity index (χ0) is 17.5. The lowest BCUT2D eigenvalue weighted by Gasteiger charge is -2.20. The Morgan fingerprint density at radius 3 is 2.46 bits per heavy atom. The summed E-state index contributed by atoms with van der Waals surface area (Å²) in [6.07, 6.45) is 2.72. The molecule has 1 aromatic carbocycles. The van der Waals surface area contributed by atoms with E-state index in [1.807, 2.05) is 42.6 Å². The van der Waals surface area contributed by atoms with Crippen LogP contribution in [-0.2, 0) is 6.42 Å². The number of anilines is 1. The summed E-state index contributed by atoms with van der Waals surface area (Å²) in [4.78, 5) is 15.1. The highest BCUT2D eigenvalue weighted by molar-refractivity contribution is 5.87. The van der Waals surface area contributed by atoms with Gasteiger partial charge in [-0.15, -0.1) is 0 Å². The predicted molar refractivity (Wildman–Crippen MR) is 95.2 cm³/mol. The van der Waals surface area contributed by atoms with Crippen molar-refractivity contribution in [3.63, 3.8) is 0 Å². The lowest BCUT2D eigenvalue weighted by atomic mass is 10.0. The number of nitrogens with zero attached hydrogens (tertiary/aromatic N) is 1. The van der Waals surface area contributed by atoms with Crippen molar-refractivity contribution >= 4 is 11.7 Å².